The Labute approximate surface area is 102 Å². The van der Waals surface area contributed by atoms with Crippen LogP contribution in [0.25, 0.3) is 0 Å². The Morgan fingerprint density at radius 1 is 1.35 bits per heavy atom. The van der Waals surface area contributed by atoms with Gasteiger partial charge in [-0.05, 0) is 12.1 Å². The summed E-state index contributed by atoms with van der Waals surface area (Å²) in [5.74, 6) is -3.40. The maximum absolute atomic E-state index is 13.3. The number of hydrogen-bond donors (Lipinski definition) is 2. The first kappa shape index (κ1) is 13.8. The van der Waals surface area contributed by atoms with Crippen molar-refractivity contribution < 1.29 is 27.5 Å². The van der Waals surface area contributed by atoms with Crippen LogP contribution < -0.4 is 5.32 Å². The number of rotatable bonds is 3. The normalized spacial score (nSPS) is 12.6. The Morgan fingerprint density at radius 2 is 1.94 bits per heavy atom. The maximum atomic E-state index is 13.3. The Hall–Kier alpha value is -1.31. The van der Waals surface area contributed by atoms with Gasteiger partial charge in [-0.25, -0.2) is 17.6 Å². The van der Waals surface area contributed by atoms with Crippen molar-refractivity contribution in [1.29, 1.82) is 0 Å². The van der Waals surface area contributed by atoms with Crippen LogP contribution in [-0.4, -0.2) is 23.7 Å². The average Bonchev–Trinajstić information content (AvgIpc) is 2.15. The van der Waals surface area contributed by atoms with Gasteiger partial charge >= 0.3 is 0 Å². The number of carbonyl (C=O) groups excluding carboxylic acids is 1. The summed E-state index contributed by atoms with van der Waals surface area (Å²) in [5, 5.41) is 10.5. The Balaban J connectivity index is 2.97. The Kier molecular flexibility index (Phi) is 4.33. The molecule has 2 N–H and O–H groups in total. The minimum absolute atomic E-state index is 0.148. The van der Waals surface area contributed by atoms with Gasteiger partial charge in [0.2, 0.25) is 6.30 Å². The zero-order chi connectivity index (χ0) is 13.2. The first-order valence-corrected chi connectivity index (χ1v) is 5.03. The van der Waals surface area contributed by atoms with E-state index in [1.165, 1.54) is 5.32 Å². The standard InChI is InChI=1S/C9H6BrF4NO2/c10-3-1-4(11)6(5(16)2-3)9(17)15-8(14)7(12)13/h1-2,7-8,16H,(H,15,17). The van der Waals surface area contributed by atoms with Crippen molar-refractivity contribution in [2.24, 2.45) is 0 Å². The van der Waals surface area contributed by atoms with E-state index in [0.717, 1.165) is 12.1 Å². The number of nitrogens with one attached hydrogen (secondary N) is 1. The van der Waals surface area contributed by atoms with Crippen molar-refractivity contribution in [1.82, 2.24) is 5.32 Å². The van der Waals surface area contributed by atoms with Crippen molar-refractivity contribution in [3.8, 4) is 5.75 Å². The van der Waals surface area contributed by atoms with Gasteiger partial charge in [-0.2, -0.15) is 0 Å². The fraction of sp³-hybridized carbons (Fsp3) is 0.222. The minimum atomic E-state index is -3.43. The molecule has 0 spiro atoms. The summed E-state index contributed by atoms with van der Waals surface area (Å²) in [6.45, 7) is 0. The number of halogens is 5. The molecule has 1 aromatic carbocycles. The van der Waals surface area contributed by atoms with Gasteiger partial charge in [0, 0.05) is 4.47 Å². The molecule has 1 aromatic rings. The minimum Gasteiger partial charge on any atom is -0.507 e. The third kappa shape index (κ3) is 3.32. The van der Waals surface area contributed by atoms with Crippen LogP contribution in [0.1, 0.15) is 10.4 Å². The number of aromatic hydroxyl groups is 1. The van der Waals surface area contributed by atoms with E-state index in [1.807, 2.05) is 0 Å². The van der Waals surface area contributed by atoms with Crippen molar-refractivity contribution in [3.63, 3.8) is 0 Å². The van der Waals surface area contributed by atoms with Gasteiger partial charge in [0.1, 0.15) is 17.1 Å². The van der Waals surface area contributed by atoms with Crippen molar-refractivity contribution >= 4 is 21.8 Å². The second kappa shape index (κ2) is 5.35. The number of alkyl halides is 3. The third-order valence-corrected chi connectivity index (χ3v) is 2.21. The van der Waals surface area contributed by atoms with Gasteiger partial charge in [-0.3, -0.25) is 4.79 Å². The van der Waals surface area contributed by atoms with Gasteiger partial charge in [0.05, 0.1) is 0 Å². The molecule has 94 valence electrons. The van der Waals surface area contributed by atoms with Crippen LogP contribution in [0.4, 0.5) is 17.6 Å². The Bertz CT molecular complexity index is 418. The molecule has 0 heterocycles. The highest BCUT2D eigenvalue weighted by atomic mass is 79.9. The van der Waals surface area contributed by atoms with E-state index in [2.05, 4.69) is 15.9 Å². The van der Waals surface area contributed by atoms with Crippen molar-refractivity contribution in [3.05, 3.63) is 28.0 Å². The van der Waals surface area contributed by atoms with Crippen LogP contribution in [0.5, 0.6) is 5.75 Å². The zero-order valence-corrected chi connectivity index (χ0v) is 9.64. The molecule has 0 bridgehead atoms. The van der Waals surface area contributed by atoms with Crippen LogP contribution in [-0.2, 0) is 0 Å². The van der Waals surface area contributed by atoms with Gasteiger partial charge in [0.15, 0.2) is 0 Å². The molecule has 8 heteroatoms. The van der Waals surface area contributed by atoms with Crippen LogP contribution in [0.15, 0.2) is 16.6 Å². The number of phenolic OH excluding ortho intramolecular Hbond substituents is 1. The lowest BCUT2D eigenvalue weighted by molar-refractivity contribution is 0.0284. The monoisotopic (exact) mass is 315 g/mol. The first-order valence-electron chi connectivity index (χ1n) is 4.24. The fourth-order valence-electron chi connectivity index (χ4n) is 1.05. The molecule has 0 aliphatic rings. The van der Waals surface area contributed by atoms with Gasteiger partial charge in [-0.15, -0.1) is 0 Å². The number of benzene rings is 1. The zero-order valence-electron chi connectivity index (χ0n) is 8.05. The molecule has 0 aliphatic heterocycles. The van der Waals surface area contributed by atoms with E-state index in [0.29, 0.717) is 0 Å². The first-order chi connectivity index (χ1) is 7.82. The molecule has 0 saturated carbocycles. The van der Waals surface area contributed by atoms with E-state index in [4.69, 9.17) is 0 Å². The molecular weight excluding hydrogens is 310 g/mol. The third-order valence-electron chi connectivity index (χ3n) is 1.75. The van der Waals surface area contributed by atoms with Gasteiger partial charge in [-0.1, -0.05) is 15.9 Å². The van der Waals surface area contributed by atoms with Gasteiger partial charge in [0.25, 0.3) is 12.3 Å². The summed E-state index contributed by atoms with van der Waals surface area (Å²) in [5.41, 5.74) is -0.892. The number of phenols is 1. The second-order valence-corrected chi connectivity index (χ2v) is 3.91. The van der Waals surface area contributed by atoms with E-state index >= 15 is 0 Å². The summed E-state index contributed by atoms with van der Waals surface area (Å²) >= 11 is 2.84. The second-order valence-electron chi connectivity index (χ2n) is 2.99. The van der Waals surface area contributed by atoms with Crippen LogP contribution in [0, 0.1) is 5.82 Å². The number of hydrogen-bond acceptors (Lipinski definition) is 2. The maximum Gasteiger partial charge on any atom is 0.287 e. The molecule has 3 nitrogen and oxygen atoms in total. The molecular formula is C9H6BrF4NO2. The van der Waals surface area contributed by atoms with Crippen LogP contribution in [0.3, 0.4) is 0 Å². The van der Waals surface area contributed by atoms with Crippen LogP contribution in [0.2, 0.25) is 0 Å². The van der Waals surface area contributed by atoms with E-state index in [1.54, 1.807) is 0 Å². The lowest BCUT2D eigenvalue weighted by Gasteiger charge is -2.11. The van der Waals surface area contributed by atoms with Crippen LogP contribution >= 0.6 is 15.9 Å². The summed E-state index contributed by atoms with van der Waals surface area (Å²) < 4.78 is 49.5. The summed E-state index contributed by atoms with van der Waals surface area (Å²) in [4.78, 5) is 11.2. The Morgan fingerprint density at radius 3 is 2.41 bits per heavy atom. The highest BCUT2D eigenvalue weighted by molar-refractivity contribution is 9.10. The molecule has 17 heavy (non-hydrogen) atoms. The van der Waals surface area contributed by atoms with E-state index in [-0.39, 0.29) is 4.47 Å². The largest absolute Gasteiger partial charge is 0.507 e. The SMILES string of the molecule is O=C(NC(F)C(F)F)c1c(O)cc(Br)cc1F. The lowest BCUT2D eigenvalue weighted by atomic mass is 10.1. The van der Waals surface area contributed by atoms with Crippen molar-refractivity contribution in [2.75, 3.05) is 0 Å². The molecule has 1 unspecified atom stereocenters. The molecule has 0 aliphatic carbocycles. The topological polar surface area (TPSA) is 49.3 Å². The molecule has 0 fully saturated rings. The fourth-order valence-corrected chi connectivity index (χ4v) is 1.46. The van der Waals surface area contributed by atoms with E-state index in [9.17, 15) is 27.5 Å². The van der Waals surface area contributed by atoms with Crippen molar-refractivity contribution in [2.45, 2.75) is 12.7 Å². The highest BCUT2D eigenvalue weighted by Gasteiger charge is 2.25. The molecule has 1 rings (SSSR count). The number of carbonyl (C=O) groups is 1. The highest BCUT2D eigenvalue weighted by Crippen LogP contribution is 2.25. The molecule has 0 aromatic heterocycles. The molecule has 0 radical (unpaired) electrons. The smallest absolute Gasteiger partial charge is 0.287 e. The van der Waals surface area contributed by atoms with Gasteiger partial charge < -0.3 is 10.4 Å². The quantitative estimate of drug-likeness (QED) is 0.665. The predicted octanol–water partition coefficient (Wildman–Crippen LogP) is 2.58. The lowest BCUT2D eigenvalue weighted by Crippen LogP contribution is -2.36. The average molecular weight is 316 g/mol. The summed E-state index contributed by atoms with van der Waals surface area (Å²) in [6.07, 6.45) is -6.36. The summed E-state index contributed by atoms with van der Waals surface area (Å²) in [6, 6.07) is 1.82. The summed E-state index contributed by atoms with van der Waals surface area (Å²) in [7, 11) is 0. The predicted molar refractivity (Wildman–Crippen MR) is 54.1 cm³/mol. The molecule has 1 atom stereocenters. The van der Waals surface area contributed by atoms with E-state index < -0.39 is 35.8 Å². The molecule has 0 saturated heterocycles. The number of amides is 1. The molecule has 1 amide bonds.